The number of hydrogen-bond donors (Lipinski definition) is 1. The number of rotatable bonds is 5. The summed E-state index contributed by atoms with van der Waals surface area (Å²) in [7, 11) is 1.77. The van der Waals surface area contributed by atoms with Crippen molar-refractivity contribution in [2.45, 2.75) is 24.7 Å². The Bertz CT molecular complexity index is 1020. The predicted molar refractivity (Wildman–Crippen MR) is 104 cm³/mol. The molecule has 1 N–H and O–H groups in total. The quantitative estimate of drug-likeness (QED) is 0.687. The Hall–Kier alpha value is -3.28. The van der Waals surface area contributed by atoms with Gasteiger partial charge in [-0.15, -0.1) is 0 Å². The zero-order valence-corrected chi connectivity index (χ0v) is 15.5. The molecule has 5 nitrogen and oxygen atoms in total. The Morgan fingerprint density at radius 1 is 1.07 bits per heavy atom. The van der Waals surface area contributed by atoms with Crippen LogP contribution < -0.4 is 5.32 Å². The molecule has 0 radical (unpaired) electrons. The van der Waals surface area contributed by atoms with Crippen LogP contribution in [0.1, 0.15) is 41.0 Å². The van der Waals surface area contributed by atoms with E-state index in [4.69, 9.17) is 0 Å². The molecule has 1 heterocycles. The Kier molecular flexibility index (Phi) is 4.55. The topological polar surface area (TPSA) is 64.0 Å². The highest BCUT2D eigenvalue weighted by Gasteiger charge is 2.45. The van der Waals surface area contributed by atoms with Crippen LogP contribution in [-0.2, 0) is 17.3 Å². The van der Waals surface area contributed by atoms with Crippen molar-refractivity contribution in [1.29, 1.82) is 0 Å². The van der Waals surface area contributed by atoms with E-state index in [9.17, 15) is 14.0 Å². The molecule has 2 aromatic carbocycles. The molecule has 0 aliphatic heterocycles. The predicted octanol–water partition coefficient (Wildman–Crippen LogP) is 3.85. The van der Waals surface area contributed by atoms with E-state index in [-0.39, 0.29) is 17.5 Å². The summed E-state index contributed by atoms with van der Waals surface area (Å²) < 4.78 is 14.9. The number of aryl methyl sites for hydroxylation is 1. The number of hydrogen-bond acceptors (Lipinski definition) is 3. The summed E-state index contributed by atoms with van der Waals surface area (Å²) in [5.41, 5.74) is 1.34. The molecule has 1 aromatic heterocycles. The smallest absolute Gasteiger partial charge is 0.235 e. The molecular weight excluding hydrogens is 357 g/mol. The largest absolute Gasteiger partial charge is 0.331 e. The highest BCUT2D eigenvalue weighted by molar-refractivity contribution is 6.07. The number of carbonyl (C=O) groups excluding carboxylic acids is 2. The van der Waals surface area contributed by atoms with E-state index >= 15 is 0 Å². The van der Waals surface area contributed by atoms with Gasteiger partial charge in [0.2, 0.25) is 11.7 Å². The molecule has 1 amide bonds. The van der Waals surface area contributed by atoms with Gasteiger partial charge in [-0.05, 0) is 54.8 Å². The zero-order chi connectivity index (χ0) is 19.7. The summed E-state index contributed by atoms with van der Waals surface area (Å²) in [5.74, 6) is -0.228. The Morgan fingerprint density at radius 3 is 2.29 bits per heavy atom. The summed E-state index contributed by atoms with van der Waals surface area (Å²) >= 11 is 0. The number of imidazole rings is 1. The fraction of sp³-hybridized carbons (Fsp3) is 0.227. The fourth-order valence-electron chi connectivity index (χ4n) is 3.62. The average Bonchev–Trinajstić information content (AvgIpc) is 3.08. The van der Waals surface area contributed by atoms with Gasteiger partial charge in [-0.25, -0.2) is 9.37 Å². The first-order chi connectivity index (χ1) is 13.5. The summed E-state index contributed by atoms with van der Waals surface area (Å²) in [6.45, 7) is 0. The third kappa shape index (κ3) is 3.11. The van der Waals surface area contributed by atoms with E-state index in [1.54, 1.807) is 60.4 Å². The lowest BCUT2D eigenvalue weighted by molar-refractivity contribution is -0.124. The zero-order valence-electron chi connectivity index (χ0n) is 15.5. The van der Waals surface area contributed by atoms with E-state index in [1.807, 2.05) is 0 Å². The van der Waals surface area contributed by atoms with Gasteiger partial charge in [0.25, 0.3) is 0 Å². The normalized spacial score (nSPS) is 14.9. The highest BCUT2D eigenvalue weighted by Crippen LogP contribution is 2.44. The third-order valence-corrected chi connectivity index (χ3v) is 5.47. The molecule has 1 fully saturated rings. The second-order valence-electron chi connectivity index (χ2n) is 7.16. The maximum absolute atomic E-state index is 13.2. The molecule has 142 valence electrons. The van der Waals surface area contributed by atoms with Crippen LogP contribution in [0.25, 0.3) is 0 Å². The molecule has 28 heavy (non-hydrogen) atoms. The Labute approximate surface area is 162 Å². The lowest BCUT2D eigenvalue weighted by Crippen LogP contribution is -2.46. The molecular formula is C22H20FN3O2. The van der Waals surface area contributed by atoms with Crippen molar-refractivity contribution in [2.24, 2.45) is 7.05 Å². The number of nitrogens with zero attached hydrogens (tertiary/aromatic N) is 2. The van der Waals surface area contributed by atoms with Gasteiger partial charge in [-0.3, -0.25) is 9.59 Å². The van der Waals surface area contributed by atoms with E-state index in [0.717, 1.165) is 24.8 Å². The Balaban J connectivity index is 1.51. The first-order valence-corrected chi connectivity index (χ1v) is 9.19. The van der Waals surface area contributed by atoms with E-state index in [0.29, 0.717) is 17.1 Å². The molecule has 3 aromatic rings. The minimum absolute atomic E-state index is 0.103. The lowest BCUT2D eigenvalue weighted by Gasteiger charge is -2.40. The number of amides is 1. The van der Waals surface area contributed by atoms with Crippen LogP contribution in [0.15, 0.2) is 60.9 Å². The van der Waals surface area contributed by atoms with Crippen molar-refractivity contribution < 1.29 is 14.0 Å². The van der Waals surface area contributed by atoms with Gasteiger partial charge in [0.1, 0.15) is 5.82 Å². The van der Waals surface area contributed by atoms with Gasteiger partial charge in [-0.1, -0.05) is 18.6 Å². The van der Waals surface area contributed by atoms with Crippen LogP contribution in [0, 0.1) is 5.82 Å². The Morgan fingerprint density at radius 2 is 1.75 bits per heavy atom. The maximum atomic E-state index is 13.2. The monoisotopic (exact) mass is 377 g/mol. The SMILES string of the molecule is Cn1ccnc1C(=O)c1ccc(NC(=O)C2(c3ccc(F)cc3)CCC2)cc1. The summed E-state index contributed by atoms with van der Waals surface area (Å²) in [6.07, 6.45) is 5.73. The second-order valence-corrected chi connectivity index (χ2v) is 7.16. The number of halogens is 1. The van der Waals surface area contributed by atoms with Crippen molar-refractivity contribution in [2.75, 3.05) is 5.32 Å². The first-order valence-electron chi connectivity index (χ1n) is 9.19. The number of anilines is 1. The average molecular weight is 377 g/mol. The second kappa shape index (κ2) is 7.03. The molecule has 0 bridgehead atoms. The summed E-state index contributed by atoms with van der Waals surface area (Å²) in [5, 5.41) is 2.95. The van der Waals surface area contributed by atoms with Gasteiger partial charge in [0.15, 0.2) is 5.82 Å². The van der Waals surface area contributed by atoms with E-state index in [2.05, 4.69) is 10.3 Å². The van der Waals surface area contributed by atoms with Crippen molar-refractivity contribution in [3.63, 3.8) is 0 Å². The molecule has 0 unspecified atom stereocenters. The maximum Gasteiger partial charge on any atom is 0.235 e. The number of benzene rings is 2. The minimum atomic E-state index is -0.616. The van der Waals surface area contributed by atoms with E-state index < -0.39 is 5.41 Å². The fourth-order valence-corrected chi connectivity index (χ4v) is 3.62. The van der Waals surface area contributed by atoms with Crippen LogP contribution in [0.2, 0.25) is 0 Å². The van der Waals surface area contributed by atoms with Gasteiger partial charge in [0.05, 0.1) is 5.41 Å². The number of aromatic nitrogens is 2. The van der Waals surface area contributed by atoms with Crippen molar-refractivity contribution in [3.8, 4) is 0 Å². The van der Waals surface area contributed by atoms with Gasteiger partial charge in [-0.2, -0.15) is 0 Å². The van der Waals surface area contributed by atoms with Crippen molar-refractivity contribution >= 4 is 17.4 Å². The number of carbonyl (C=O) groups is 2. The number of ketones is 1. The van der Waals surface area contributed by atoms with Gasteiger partial charge >= 0.3 is 0 Å². The van der Waals surface area contributed by atoms with Gasteiger partial charge < -0.3 is 9.88 Å². The molecule has 1 aliphatic carbocycles. The van der Waals surface area contributed by atoms with Crippen molar-refractivity contribution in [1.82, 2.24) is 9.55 Å². The first kappa shape index (κ1) is 18.1. The highest BCUT2D eigenvalue weighted by atomic mass is 19.1. The minimum Gasteiger partial charge on any atom is -0.331 e. The number of nitrogens with one attached hydrogen (secondary N) is 1. The van der Waals surface area contributed by atoms with Crippen LogP contribution in [0.4, 0.5) is 10.1 Å². The van der Waals surface area contributed by atoms with Crippen molar-refractivity contribution in [3.05, 3.63) is 83.7 Å². The van der Waals surface area contributed by atoms with Crippen LogP contribution in [0.3, 0.4) is 0 Å². The molecule has 0 atom stereocenters. The molecule has 6 heteroatoms. The van der Waals surface area contributed by atoms with Crippen LogP contribution in [0.5, 0.6) is 0 Å². The van der Waals surface area contributed by atoms with Gasteiger partial charge in [0, 0.05) is 30.7 Å². The van der Waals surface area contributed by atoms with Crippen LogP contribution >= 0.6 is 0 Å². The molecule has 1 aliphatic rings. The molecule has 0 saturated heterocycles. The van der Waals surface area contributed by atoms with E-state index in [1.165, 1.54) is 12.1 Å². The van der Waals surface area contributed by atoms with Crippen LogP contribution in [-0.4, -0.2) is 21.2 Å². The molecule has 1 saturated carbocycles. The molecule has 0 spiro atoms. The summed E-state index contributed by atoms with van der Waals surface area (Å²) in [6, 6.07) is 12.9. The molecule has 4 rings (SSSR count). The third-order valence-electron chi connectivity index (χ3n) is 5.47. The lowest BCUT2D eigenvalue weighted by atomic mass is 9.64. The summed E-state index contributed by atoms with van der Waals surface area (Å²) in [4.78, 5) is 29.5. The standard InChI is InChI=1S/C22H20FN3O2/c1-26-14-13-24-20(26)19(27)15-3-9-18(10-4-15)25-21(28)22(11-2-12-22)16-5-7-17(23)8-6-16/h3-10,13-14H,2,11-12H2,1H3,(H,25,28).